The van der Waals surface area contributed by atoms with Gasteiger partial charge in [-0.2, -0.15) is 0 Å². The number of benzene rings is 1. The first kappa shape index (κ1) is 13.4. The topological polar surface area (TPSA) is 38.3 Å². The summed E-state index contributed by atoms with van der Waals surface area (Å²) in [6.07, 6.45) is 1.77. The van der Waals surface area contributed by atoms with Gasteiger partial charge in [0.05, 0.1) is 7.11 Å². The van der Waals surface area contributed by atoms with Crippen molar-refractivity contribution < 1.29 is 9.53 Å². The highest BCUT2D eigenvalue weighted by Gasteiger charge is 2.44. The fourth-order valence-corrected chi connectivity index (χ4v) is 3.57. The van der Waals surface area contributed by atoms with Crippen LogP contribution >= 0.6 is 11.8 Å². The smallest absolute Gasteiger partial charge is 0.330 e. The average molecular weight is 265 g/mol. The molecular weight excluding hydrogens is 246 g/mol. The average Bonchev–Trinajstić information content (AvgIpc) is 2.44. The molecule has 0 fully saturated rings. The van der Waals surface area contributed by atoms with Crippen molar-refractivity contribution in [3.05, 3.63) is 29.8 Å². The highest BCUT2D eigenvalue weighted by atomic mass is 32.2. The zero-order valence-electron chi connectivity index (χ0n) is 10.9. The van der Waals surface area contributed by atoms with Gasteiger partial charge in [-0.05, 0) is 31.0 Å². The van der Waals surface area contributed by atoms with E-state index in [9.17, 15) is 4.79 Å². The van der Waals surface area contributed by atoms with E-state index in [-0.39, 0.29) is 5.97 Å². The Morgan fingerprint density at radius 1 is 1.50 bits per heavy atom. The van der Waals surface area contributed by atoms with Crippen molar-refractivity contribution in [1.82, 2.24) is 5.32 Å². The Morgan fingerprint density at radius 3 is 3.00 bits per heavy atom. The van der Waals surface area contributed by atoms with E-state index in [0.29, 0.717) is 0 Å². The Hall–Kier alpha value is -1.00. The summed E-state index contributed by atoms with van der Waals surface area (Å²) < 4.78 is 5.04. The van der Waals surface area contributed by atoms with E-state index in [2.05, 4.69) is 18.3 Å². The first-order chi connectivity index (χ1) is 8.74. The number of nitrogens with one attached hydrogen (secondary N) is 1. The van der Waals surface area contributed by atoms with Crippen LogP contribution in [0.3, 0.4) is 0 Å². The molecule has 4 heteroatoms. The maximum Gasteiger partial charge on any atom is 0.330 e. The van der Waals surface area contributed by atoms with Crippen LogP contribution in [0.4, 0.5) is 0 Å². The van der Waals surface area contributed by atoms with Gasteiger partial charge in [0.15, 0.2) is 0 Å². The van der Waals surface area contributed by atoms with Crippen LogP contribution in [-0.2, 0) is 15.1 Å². The number of fused-ring (bicyclic) bond motifs is 1. The van der Waals surface area contributed by atoms with Crippen LogP contribution in [0.5, 0.6) is 0 Å². The quantitative estimate of drug-likeness (QED) is 0.849. The molecule has 0 aromatic heterocycles. The van der Waals surface area contributed by atoms with Crippen LogP contribution in [-0.4, -0.2) is 25.4 Å². The SMILES string of the molecule is CCCNC1(C(=O)OC)CCSc2ccccc21. The molecule has 0 aliphatic carbocycles. The molecule has 0 spiro atoms. The van der Waals surface area contributed by atoms with Gasteiger partial charge >= 0.3 is 5.97 Å². The number of esters is 1. The molecule has 2 rings (SSSR count). The number of carbonyl (C=O) groups excluding carboxylic acids is 1. The summed E-state index contributed by atoms with van der Waals surface area (Å²) in [7, 11) is 1.46. The van der Waals surface area contributed by atoms with Gasteiger partial charge in [0.2, 0.25) is 0 Å². The Labute approximate surface area is 112 Å². The van der Waals surface area contributed by atoms with Crippen molar-refractivity contribution in [2.24, 2.45) is 0 Å². The molecule has 0 saturated carbocycles. The predicted molar refractivity (Wildman–Crippen MR) is 73.8 cm³/mol. The molecule has 0 amide bonds. The number of thioether (sulfide) groups is 1. The third kappa shape index (κ3) is 2.27. The molecule has 1 aliphatic heterocycles. The molecule has 1 aromatic rings. The monoisotopic (exact) mass is 265 g/mol. The molecule has 98 valence electrons. The lowest BCUT2D eigenvalue weighted by molar-refractivity contribution is -0.149. The molecule has 0 radical (unpaired) electrons. The van der Waals surface area contributed by atoms with E-state index in [1.54, 1.807) is 11.8 Å². The summed E-state index contributed by atoms with van der Waals surface area (Å²) in [6, 6.07) is 8.10. The molecule has 1 N–H and O–H groups in total. The first-order valence-electron chi connectivity index (χ1n) is 6.30. The van der Waals surface area contributed by atoms with Crippen molar-refractivity contribution >= 4 is 17.7 Å². The molecular formula is C14H19NO2S. The summed E-state index contributed by atoms with van der Waals surface area (Å²) in [4.78, 5) is 13.4. The number of methoxy groups -OCH3 is 1. The second-order valence-electron chi connectivity index (χ2n) is 4.42. The van der Waals surface area contributed by atoms with Gasteiger partial charge in [0.1, 0.15) is 5.54 Å². The predicted octanol–water partition coefficient (Wildman–Crippen LogP) is 2.55. The summed E-state index contributed by atoms with van der Waals surface area (Å²) >= 11 is 1.80. The highest BCUT2D eigenvalue weighted by molar-refractivity contribution is 7.99. The van der Waals surface area contributed by atoms with E-state index in [1.807, 2.05) is 18.2 Å². The van der Waals surface area contributed by atoms with Crippen LogP contribution in [0.25, 0.3) is 0 Å². The summed E-state index contributed by atoms with van der Waals surface area (Å²) in [5.41, 5.74) is 0.397. The van der Waals surface area contributed by atoms with Gasteiger partial charge in [-0.15, -0.1) is 11.8 Å². The van der Waals surface area contributed by atoms with Crippen LogP contribution < -0.4 is 5.32 Å². The van der Waals surface area contributed by atoms with Crippen molar-refractivity contribution in [3.8, 4) is 0 Å². The van der Waals surface area contributed by atoms with E-state index >= 15 is 0 Å². The van der Waals surface area contributed by atoms with Crippen molar-refractivity contribution in [1.29, 1.82) is 0 Å². The molecule has 1 unspecified atom stereocenters. The molecule has 1 aliphatic rings. The van der Waals surface area contributed by atoms with Gasteiger partial charge in [-0.25, -0.2) is 4.79 Å². The minimum atomic E-state index is -0.660. The summed E-state index contributed by atoms with van der Waals surface area (Å²) in [6.45, 7) is 2.91. The molecule has 0 saturated heterocycles. The molecule has 1 atom stereocenters. The fourth-order valence-electron chi connectivity index (χ4n) is 2.37. The van der Waals surface area contributed by atoms with Gasteiger partial charge in [0, 0.05) is 10.6 Å². The maximum atomic E-state index is 12.3. The van der Waals surface area contributed by atoms with Crippen molar-refractivity contribution in [2.45, 2.75) is 30.2 Å². The Bertz CT molecular complexity index is 436. The normalized spacial score (nSPS) is 22.3. The van der Waals surface area contributed by atoms with Crippen molar-refractivity contribution in [3.63, 3.8) is 0 Å². The number of ether oxygens (including phenoxy) is 1. The van der Waals surface area contributed by atoms with Crippen molar-refractivity contribution in [2.75, 3.05) is 19.4 Å². The van der Waals surface area contributed by atoms with Gasteiger partial charge < -0.3 is 4.74 Å². The van der Waals surface area contributed by atoms with E-state index in [1.165, 1.54) is 12.0 Å². The molecule has 18 heavy (non-hydrogen) atoms. The number of carbonyl (C=O) groups is 1. The maximum absolute atomic E-state index is 12.3. The molecule has 1 heterocycles. The van der Waals surface area contributed by atoms with Gasteiger partial charge in [0.25, 0.3) is 0 Å². The van der Waals surface area contributed by atoms with Crippen LogP contribution in [0.1, 0.15) is 25.3 Å². The lowest BCUT2D eigenvalue weighted by atomic mass is 9.86. The lowest BCUT2D eigenvalue weighted by Gasteiger charge is -2.37. The minimum absolute atomic E-state index is 0.177. The van der Waals surface area contributed by atoms with E-state index in [4.69, 9.17) is 4.74 Å². The van der Waals surface area contributed by atoms with E-state index < -0.39 is 5.54 Å². The van der Waals surface area contributed by atoms with Gasteiger partial charge in [-0.1, -0.05) is 25.1 Å². The zero-order valence-corrected chi connectivity index (χ0v) is 11.7. The third-order valence-electron chi connectivity index (χ3n) is 3.29. The van der Waals surface area contributed by atoms with Crippen LogP contribution in [0.2, 0.25) is 0 Å². The lowest BCUT2D eigenvalue weighted by Crippen LogP contribution is -2.52. The zero-order chi connectivity index (χ0) is 13.0. The van der Waals surface area contributed by atoms with E-state index in [0.717, 1.165) is 30.7 Å². The van der Waals surface area contributed by atoms with Gasteiger partial charge in [-0.3, -0.25) is 5.32 Å². The highest BCUT2D eigenvalue weighted by Crippen LogP contribution is 2.40. The fraction of sp³-hybridized carbons (Fsp3) is 0.500. The van der Waals surface area contributed by atoms with Crippen LogP contribution in [0.15, 0.2) is 29.2 Å². The summed E-state index contributed by atoms with van der Waals surface area (Å²) in [5.74, 6) is 0.756. The first-order valence-corrected chi connectivity index (χ1v) is 7.29. The molecule has 0 bridgehead atoms. The largest absolute Gasteiger partial charge is 0.467 e. The van der Waals surface area contributed by atoms with Crippen LogP contribution in [0, 0.1) is 0 Å². The standard InChI is InChI=1S/C14H19NO2S/c1-3-9-15-14(13(16)17-2)8-10-18-12-7-5-4-6-11(12)14/h4-7,15H,3,8-10H2,1-2H3. The minimum Gasteiger partial charge on any atom is -0.467 e. The molecule has 1 aromatic carbocycles. The Balaban J connectivity index is 2.44. The molecule has 3 nitrogen and oxygen atoms in total. The summed E-state index contributed by atoms with van der Waals surface area (Å²) in [5, 5.41) is 3.40. The number of hydrogen-bond donors (Lipinski definition) is 1. The Kier molecular flexibility index (Phi) is 4.30. The number of rotatable bonds is 4. The number of hydrogen-bond acceptors (Lipinski definition) is 4. The second kappa shape index (κ2) is 5.76. The second-order valence-corrected chi connectivity index (χ2v) is 5.56. The Morgan fingerprint density at radius 2 is 2.28 bits per heavy atom. The third-order valence-corrected chi connectivity index (χ3v) is 4.37.